The molecule has 2 heterocycles. The van der Waals surface area contributed by atoms with Crippen LogP contribution in [-0.4, -0.2) is 27.2 Å². The molecule has 3 aromatic carbocycles. The van der Waals surface area contributed by atoms with Crippen molar-refractivity contribution in [3.63, 3.8) is 0 Å². The largest absolute Gasteiger partial charge is 0.508 e. The fraction of sp³-hybridized carbons (Fsp3) is 0.160. The molecule has 4 aromatic rings. The highest BCUT2D eigenvalue weighted by Gasteiger charge is 2.38. The molecule has 1 amide bonds. The molecule has 2 N–H and O–H groups in total. The summed E-state index contributed by atoms with van der Waals surface area (Å²) in [6.45, 7) is 0.382. The smallest absolute Gasteiger partial charge is 0.471 e. The van der Waals surface area contributed by atoms with Crippen molar-refractivity contribution in [2.75, 3.05) is 10.2 Å². The Labute approximate surface area is 197 Å². The fourth-order valence-corrected chi connectivity index (χ4v) is 4.02. The monoisotopic (exact) mass is 480 g/mol. The second kappa shape index (κ2) is 8.79. The predicted molar refractivity (Wildman–Crippen MR) is 122 cm³/mol. The van der Waals surface area contributed by atoms with Gasteiger partial charge < -0.3 is 19.8 Å². The van der Waals surface area contributed by atoms with Crippen LogP contribution in [0.5, 0.6) is 5.75 Å². The van der Waals surface area contributed by atoms with E-state index < -0.39 is 18.1 Å². The third-order valence-electron chi connectivity index (χ3n) is 5.75. The Kier molecular flexibility index (Phi) is 5.64. The van der Waals surface area contributed by atoms with Crippen molar-refractivity contribution < 1.29 is 27.6 Å². The number of rotatable bonds is 5. The van der Waals surface area contributed by atoms with Crippen molar-refractivity contribution in [2.45, 2.75) is 25.2 Å². The number of aromatic hydroxyl groups is 1. The molecular formula is C25H19F3N4O3. The first kappa shape index (κ1) is 22.5. The molecule has 1 unspecified atom stereocenters. The molecule has 0 aliphatic carbocycles. The van der Waals surface area contributed by atoms with Gasteiger partial charge >= 0.3 is 12.1 Å². The van der Waals surface area contributed by atoms with E-state index in [0.29, 0.717) is 24.2 Å². The molecule has 0 saturated carbocycles. The van der Waals surface area contributed by atoms with E-state index in [2.05, 4.69) is 20.0 Å². The molecule has 0 saturated heterocycles. The summed E-state index contributed by atoms with van der Waals surface area (Å²) < 4.78 is 42.6. The molecule has 1 atom stereocenters. The zero-order valence-corrected chi connectivity index (χ0v) is 18.2. The lowest BCUT2D eigenvalue weighted by Crippen LogP contribution is -2.49. The summed E-state index contributed by atoms with van der Waals surface area (Å²) in [6.07, 6.45) is -4.29. The van der Waals surface area contributed by atoms with Gasteiger partial charge in [-0.3, -0.25) is 4.79 Å². The van der Waals surface area contributed by atoms with Crippen molar-refractivity contribution in [3.05, 3.63) is 89.8 Å². The number of carbonyl (C=O) groups excluding carboxylic acids is 1. The number of carbonyl (C=O) groups is 1. The Balaban J connectivity index is 1.42. The Hall–Kier alpha value is -4.34. The molecule has 35 heavy (non-hydrogen) atoms. The molecule has 5 rings (SSSR count). The molecule has 0 spiro atoms. The van der Waals surface area contributed by atoms with Gasteiger partial charge in [0.2, 0.25) is 11.7 Å². The van der Waals surface area contributed by atoms with Gasteiger partial charge in [-0.2, -0.15) is 18.2 Å². The minimum absolute atomic E-state index is 0.146. The minimum atomic E-state index is -4.71. The number of anilines is 2. The molecule has 1 aliphatic rings. The molecule has 0 bridgehead atoms. The van der Waals surface area contributed by atoms with Crippen LogP contribution in [0.3, 0.4) is 0 Å². The van der Waals surface area contributed by atoms with Crippen LogP contribution in [-0.2, 0) is 23.9 Å². The quantitative estimate of drug-likeness (QED) is 0.416. The number of hydrogen-bond donors (Lipinski definition) is 2. The van der Waals surface area contributed by atoms with Crippen molar-refractivity contribution in [1.82, 2.24) is 10.1 Å². The van der Waals surface area contributed by atoms with Crippen molar-refractivity contribution in [3.8, 4) is 17.1 Å². The molecular weight excluding hydrogens is 461 g/mol. The summed E-state index contributed by atoms with van der Waals surface area (Å²) in [4.78, 5) is 18.4. The summed E-state index contributed by atoms with van der Waals surface area (Å²) in [6, 6.07) is 20.4. The Morgan fingerprint density at radius 3 is 2.34 bits per heavy atom. The average Bonchev–Trinajstić information content (AvgIpc) is 3.34. The summed E-state index contributed by atoms with van der Waals surface area (Å²) in [5.74, 6) is -1.56. The Morgan fingerprint density at radius 1 is 0.971 bits per heavy atom. The van der Waals surface area contributed by atoms with E-state index in [9.17, 15) is 23.1 Å². The van der Waals surface area contributed by atoms with Gasteiger partial charge in [0, 0.05) is 18.5 Å². The van der Waals surface area contributed by atoms with E-state index in [1.165, 1.54) is 0 Å². The van der Waals surface area contributed by atoms with Crippen LogP contribution < -0.4 is 10.2 Å². The van der Waals surface area contributed by atoms with Crippen LogP contribution >= 0.6 is 0 Å². The van der Waals surface area contributed by atoms with Gasteiger partial charge in [0.05, 0.1) is 11.4 Å². The van der Waals surface area contributed by atoms with Crippen LogP contribution in [0.1, 0.15) is 17.0 Å². The molecule has 1 aliphatic heterocycles. The minimum Gasteiger partial charge on any atom is -0.508 e. The molecule has 7 nitrogen and oxygen atoms in total. The topological polar surface area (TPSA) is 91.5 Å². The standard InChI is InChI=1S/C25H19F3N4O3/c26-25(27,28)24-30-22(31-35-24)17-9-5-16(6-10-17)14-32-20-4-2-1-3-19(20)29-23(34)21(32)13-15-7-11-18(33)12-8-15/h1-12,21,33H,13-14H2,(H,29,34). The van der Waals surface area contributed by atoms with Crippen LogP contribution in [0.25, 0.3) is 11.4 Å². The third kappa shape index (κ3) is 4.68. The number of nitrogens with one attached hydrogen (secondary N) is 1. The molecule has 0 radical (unpaired) electrons. The highest BCUT2D eigenvalue weighted by molar-refractivity contribution is 6.03. The Bertz CT molecular complexity index is 1350. The van der Waals surface area contributed by atoms with Crippen molar-refractivity contribution in [1.29, 1.82) is 0 Å². The lowest BCUT2D eigenvalue weighted by atomic mass is 9.99. The van der Waals surface area contributed by atoms with Gasteiger partial charge in [0.1, 0.15) is 11.8 Å². The van der Waals surface area contributed by atoms with Crippen molar-refractivity contribution in [2.24, 2.45) is 0 Å². The summed E-state index contributed by atoms with van der Waals surface area (Å²) in [5, 5.41) is 15.9. The summed E-state index contributed by atoms with van der Waals surface area (Å²) in [7, 11) is 0. The van der Waals surface area contributed by atoms with Gasteiger partial charge in [0.15, 0.2) is 0 Å². The number of benzene rings is 3. The summed E-state index contributed by atoms with van der Waals surface area (Å²) >= 11 is 0. The van der Waals surface area contributed by atoms with E-state index in [0.717, 1.165) is 16.8 Å². The maximum Gasteiger partial charge on any atom is 0.471 e. The van der Waals surface area contributed by atoms with Crippen molar-refractivity contribution >= 4 is 17.3 Å². The van der Waals surface area contributed by atoms with E-state index >= 15 is 0 Å². The third-order valence-corrected chi connectivity index (χ3v) is 5.75. The number of amides is 1. The number of para-hydroxylation sites is 2. The predicted octanol–water partition coefficient (Wildman–Crippen LogP) is 5.03. The van der Waals surface area contributed by atoms with E-state index in [1.54, 1.807) is 48.5 Å². The molecule has 1 aromatic heterocycles. The highest BCUT2D eigenvalue weighted by Crippen LogP contribution is 2.35. The average molecular weight is 480 g/mol. The molecule has 178 valence electrons. The number of halogens is 3. The lowest BCUT2D eigenvalue weighted by molar-refractivity contribution is -0.159. The number of fused-ring (bicyclic) bond motifs is 1. The number of nitrogens with zero attached hydrogens (tertiary/aromatic N) is 3. The Morgan fingerprint density at radius 2 is 1.66 bits per heavy atom. The number of hydrogen-bond acceptors (Lipinski definition) is 6. The van der Waals surface area contributed by atoms with E-state index in [1.807, 2.05) is 29.2 Å². The van der Waals surface area contributed by atoms with Gasteiger partial charge in [-0.1, -0.05) is 53.7 Å². The van der Waals surface area contributed by atoms with Gasteiger partial charge in [-0.05, 0) is 35.4 Å². The van der Waals surface area contributed by atoms with E-state index in [4.69, 9.17) is 0 Å². The van der Waals surface area contributed by atoms with Crippen LogP contribution in [0.15, 0.2) is 77.3 Å². The van der Waals surface area contributed by atoms with Crippen LogP contribution in [0.2, 0.25) is 0 Å². The van der Waals surface area contributed by atoms with Gasteiger partial charge in [0.25, 0.3) is 0 Å². The number of aromatic nitrogens is 2. The molecule has 0 fully saturated rings. The lowest BCUT2D eigenvalue weighted by Gasteiger charge is -2.38. The van der Waals surface area contributed by atoms with Crippen LogP contribution in [0, 0.1) is 0 Å². The zero-order chi connectivity index (χ0) is 24.6. The maximum absolute atomic E-state index is 13.0. The SMILES string of the molecule is O=C1Nc2ccccc2N(Cc2ccc(-c3noc(C(F)(F)F)n3)cc2)C1Cc1ccc(O)cc1. The van der Waals surface area contributed by atoms with Gasteiger partial charge in [-0.15, -0.1) is 0 Å². The first-order valence-electron chi connectivity index (χ1n) is 10.7. The highest BCUT2D eigenvalue weighted by atomic mass is 19.4. The summed E-state index contributed by atoms with van der Waals surface area (Å²) in [5.41, 5.74) is 3.66. The second-order valence-electron chi connectivity index (χ2n) is 8.14. The first-order valence-corrected chi connectivity index (χ1v) is 10.7. The fourth-order valence-electron chi connectivity index (χ4n) is 4.02. The van der Waals surface area contributed by atoms with E-state index in [-0.39, 0.29) is 17.5 Å². The zero-order valence-electron chi connectivity index (χ0n) is 18.2. The second-order valence-corrected chi connectivity index (χ2v) is 8.14. The molecule has 10 heteroatoms. The number of phenols is 1. The normalized spacial score (nSPS) is 15.6. The van der Waals surface area contributed by atoms with Gasteiger partial charge in [-0.25, -0.2) is 0 Å². The number of phenolic OH excluding ortho intramolecular Hbond substituents is 1. The van der Waals surface area contributed by atoms with Crippen LogP contribution in [0.4, 0.5) is 24.5 Å². The number of alkyl halides is 3. The maximum atomic E-state index is 13.0. The first-order chi connectivity index (χ1) is 16.8.